The summed E-state index contributed by atoms with van der Waals surface area (Å²) in [5.74, 6) is -0.654. The van der Waals surface area contributed by atoms with Gasteiger partial charge in [0.2, 0.25) is 5.91 Å². The number of amides is 2. The molecule has 6 N–H and O–H groups in total. The minimum Gasteiger partial charge on any atom is -0.399 e. The van der Waals surface area contributed by atoms with Crippen LogP contribution in [-0.4, -0.2) is 44.1 Å². The van der Waals surface area contributed by atoms with Gasteiger partial charge in [0.15, 0.2) is 11.2 Å². The fraction of sp³-hybridized carbons (Fsp3) is 0.192. The molecule has 0 spiro atoms. The molecule has 0 fully saturated rings. The van der Waals surface area contributed by atoms with Crippen LogP contribution in [0.4, 0.5) is 11.4 Å². The molecule has 38 heavy (non-hydrogen) atoms. The predicted octanol–water partition coefficient (Wildman–Crippen LogP) is 1.30. The van der Waals surface area contributed by atoms with Crippen LogP contribution < -0.4 is 27.2 Å². The number of rotatable bonds is 11. The number of carbonyl (C=O) groups is 3. The van der Waals surface area contributed by atoms with E-state index in [0.29, 0.717) is 42.0 Å². The lowest BCUT2D eigenvalue weighted by molar-refractivity contribution is -0.121. The quantitative estimate of drug-likeness (QED) is 0.145. The van der Waals surface area contributed by atoms with Gasteiger partial charge in [-0.05, 0) is 48.4 Å². The molecule has 2 amide bonds. The maximum absolute atomic E-state index is 12.6. The fourth-order valence-corrected chi connectivity index (χ4v) is 3.54. The molecule has 0 saturated carbocycles. The molecule has 0 bridgehead atoms. The molecule has 2 aromatic carbocycles. The van der Waals surface area contributed by atoms with Crippen LogP contribution in [0.15, 0.2) is 65.8 Å². The van der Waals surface area contributed by atoms with Gasteiger partial charge in [0.1, 0.15) is 6.29 Å². The number of carbonyl (C=O) groups excluding carboxylic acids is 3. The molecule has 0 aliphatic carbocycles. The second-order valence-electron chi connectivity index (χ2n) is 8.47. The maximum atomic E-state index is 12.6. The summed E-state index contributed by atoms with van der Waals surface area (Å²) >= 11 is 0. The number of benzene rings is 2. The van der Waals surface area contributed by atoms with Crippen LogP contribution in [-0.2, 0) is 22.7 Å². The molecular formula is C26H26N8O4. The van der Waals surface area contributed by atoms with E-state index >= 15 is 0 Å². The zero-order valence-electron chi connectivity index (χ0n) is 20.3. The Hall–Kier alpha value is -5.13. The first kappa shape index (κ1) is 25.9. The second kappa shape index (κ2) is 12.2. The van der Waals surface area contributed by atoms with Gasteiger partial charge in [-0.3, -0.25) is 14.4 Å². The van der Waals surface area contributed by atoms with Crippen LogP contribution >= 0.6 is 0 Å². The van der Waals surface area contributed by atoms with Crippen molar-refractivity contribution in [3.63, 3.8) is 0 Å². The average molecular weight is 515 g/mol. The van der Waals surface area contributed by atoms with Crippen molar-refractivity contribution in [1.29, 1.82) is 0 Å². The predicted molar refractivity (Wildman–Crippen MR) is 141 cm³/mol. The van der Waals surface area contributed by atoms with Gasteiger partial charge < -0.3 is 31.5 Å². The lowest BCUT2D eigenvalue weighted by atomic mass is 10.1. The van der Waals surface area contributed by atoms with Crippen LogP contribution in [0.2, 0.25) is 0 Å². The third kappa shape index (κ3) is 6.97. The third-order valence-electron chi connectivity index (χ3n) is 5.65. The van der Waals surface area contributed by atoms with Gasteiger partial charge in [0.25, 0.3) is 11.5 Å². The van der Waals surface area contributed by atoms with E-state index in [2.05, 4.69) is 35.9 Å². The van der Waals surface area contributed by atoms with Gasteiger partial charge in [0, 0.05) is 29.9 Å². The lowest BCUT2D eigenvalue weighted by Crippen LogP contribution is -2.37. The largest absolute Gasteiger partial charge is 0.399 e. The number of nitrogens with one attached hydrogen (secondary N) is 4. The molecule has 12 nitrogen and oxygen atoms in total. The van der Waals surface area contributed by atoms with Crippen molar-refractivity contribution in [3.05, 3.63) is 88.2 Å². The SMILES string of the molecule is Nc1ccc(CNC(=O)CCC(C=O)NC(=O)c2ccc(NCc3cnc4nc[nH]c(=O)c4n3)cc2)cc1. The van der Waals surface area contributed by atoms with Crippen molar-refractivity contribution < 1.29 is 14.4 Å². The van der Waals surface area contributed by atoms with Gasteiger partial charge in [-0.2, -0.15) is 0 Å². The number of aromatic nitrogens is 4. The Kier molecular flexibility index (Phi) is 8.34. The van der Waals surface area contributed by atoms with Crippen LogP contribution in [0.5, 0.6) is 0 Å². The molecule has 1 unspecified atom stereocenters. The number of hydrogen-bond donors (Lipinski definition) is 5. The molecule has 0 radical (unpaired) electrons. The number of fused-ring (bicyclic) bond motifs is 1. The van der Waals surface area contributed by atoms with Gasteiger partial charge >= 0.3 is 0 Å². The molecule has 4 rings (SSSR count). The van der Waals surface area contributed by atoms with Crippen molar-refractivity contribution in [1.82, 2.24) is 30.6 Å². The minimum absolute atomic E-state index is 0.0844. The zero-order valence-corrected chi connectivity index (χ0v) is 20.3. The highest BCUT2D eigenvalue weighted by Crippen LogP contribution is 2.12. The number of anilines is 2. The summed E-state index contributed by atoms with van der Waals surface area (Å²) in [6.45, 7) is 0.650. The fourth-order valence-electron chi connectivity index (χ4n) is 3.54. The maximum Gasteiger partial charge on any atom is 0.278 e. The lowest BCUT2D eigenvalue weighted by Gasteiger charge is -2.13. The smallest absolute Gasteiger partial charge is 0.278 e. The third-order valence-corrected chi connectivity index (χ3v) is 5.65. The summed E-state index contributed by atoms with van der Waals surface area (Å²) < 4.78 is 0. The highest BCUT2D eigenvalue weighted by molar-refractivity contribution is 5.96. The van der Waals surface area contributed by atoms with E-state index in [0.717, 1.165) is 5.56 Å². The van der Waals surface area contributed by atoms with E-state index < -0.39 is 11.9 Å². The van der Waals surface area contributed by atoms with Crippen molar-refractivity contribution in [3.8, 4) is 0 Å². The average Bonchev–Trinajstić information content (AvgIpc) is 2.94. The van der Waals surface area contributed by atoms with Gasteiger partial charge in [-0.1, -0.05) is 12.1 Å². The molecule has 0 aliphatic heterocycles. The first-order chi connectivity index (χ1) is 18.4. The number of aldehydes is 1. The molecule has 12 heteroatoms. The Morgan fingerprint density at radius 3 is 2.53 bits per heavy atom. The number of H-pyrrole nitrogens is 1. The molecule has 4 aromatic rings. The van der Waals surface area contributed by atoms with Crippen LogP contribution in [0, 0.1) is 0 Å². The first-order valence-electron chi connectivity index (χ1n) is 11.8. The van der Waals surface area contributed by atoms with E-state index in [1.54, 1.807) is 36.4 Å². The number of aromatic amines is 1. The Balaban J connectivity index is 1.24. The Bertz CT molecular complexity index is 1490. The van der Waals surface area contributed by atoms with Crippen LogP contribution in [0.25, 0.3) is 11.2 Å². The summed E-state index contributed by atoms with van der Waals surface area (Å²) in [5.41, 5.74) is 8.87. The normalized spacial score (nSPS) is 11.5. The van der Waals surface area contributed by atoms with Crippen molar-refractivity contribution in [2.75, 3.05) is 11.1 Å². The summed E-state index contributed by atoms with van der Waals surface area (Å²) in [7, 11) is 0. The van der Waals surface area contributed by atoms with Crippen LogP contribution in [0.3, 0.4) is 0 Å². The van der Waals surface area contributed by atoms with Gasteiger partial charge in [-0.15, -0.1) is 0 Å². The van der Waals surface area contributed by atoms with E-state index in [-0.39, 0.29) is 35.5 Å². The Morgan fingerprint density at radius 2 is 1.79 bits per heavy atom. The monoisotopic (exact) mass is 514 g/mol. The topological polar surface area (TPSA) is 185 Å². The van der Waals surface area contributed by atoms with E-state index in [4.69, 9.17) is 5.73 Å². The number of nitrogens with two attached hydrogens (primary N) is 1. The molecule has 1 atom stereocenters. The molecular weight excluding hydrogens is 488 g/mol. The molecule has 0 saturated heterocycles. The number of hydrogen-bond acceptors (Lipinski definition) is 9. The highest BCUT2D eigenvalue weighted by Gasteiger charge is 2.15. The van der Waals surface area contributed by atoms with E-state index in [1.807, 2.05) is 12.1 Å². The van der Waals surface area contributed by atoms with Crippen molar-refractivity contribution in [2.45, 2.75) is 32.0 Å². The first-order valence-corrected chi connectivity index (χ1v) is 11.8. The minimum atomic E-state index is -0.799. The van der Waals surface area contributed by atoms with E-state index in [9.17, 15) is 19.2 Å². The Labute approximate surface area is 217 Å². The second-order valence-corrected chi connectivity index (χ2v) is 8.47. The molecule has 194 valence electrons. The van der Waals surface area contributed by atoms with Gasteiger partial charge in [0.05, 0.1) is 30.8 Å². The summed E-state index contributed by atoms with van der Waals surface area (Å²) in [6, 6.07) is 13.0. The molecule has 0 aliphatic rings. The van der Waals surface area contributed by atoms with Crippen LogP contribution in [0.1, 0.15) is 34.5 Å². The van der Waals surface area contributed by atoms with Gasteiger partial charge in [-0.25, -0.2) is 15.0 Å². The van der Waals surface area contributed by atoms with E-state index in [1.165, 1.54) is 12.5 Å². The summed E-state index contributed by atoms with van der Waals surface area (Å²) in [5, 5.41) is 8.57. The number of nitrogens with zero attached hydrogens (tertiary/aromatic N) is 3. The summed E-state index contributed by atoms with van der Waals surface area (Å²) in [4.78, 5) is 62.9. The highest BCUT2D eigenvalue weighted by atomic mass is 16.2. The summed E-state index contributed by atoms with van der Waals surface area (Å²) in [6.07, 6.45) is 3.68. The Morgan fingerprint density at radius 1 is 1.03 bits per heavy atom. The van der Waals surface area contributed by atoms with Crippen molar-refractivity contribution >= 4 is 40.6 Å². The standard InChI is InChI=1S/C26H26N8O4/c27-18-5-1-16(2-6-18)11-29-22(36)10-9-20(14-35)34-25(37)17-3-7-19(8-4-17)28-12-21-13-30-24-23(33-21)26(38)32-15-31-24/h1-8,13-15,20,28H,9-12,27H2,(H,29,36)(H,34,37)(H,30,31,32,38). The zero-order chi connectivity index (χ0) is 26.9. The number of nitrogen functional groups attached to an aromatic ring is 1. The molecule has 2 heterocycles. The molecule has 2 aromatic heterocycles. The van der Waals surface area contributed by atoms with Crippen molar-refractivity contribution in [2.24, 2.45) is 0 Å².